The lowest BCUT2D eigenvalue weighted by atomic mass is 10.2. The zero-order valence-corrected chi connectivity index (χ0v) is 20.1. The number of hydrogen-bond donors (Lipinski definition) is 3. The second kappa shape index (κ2) is 10.2. The number of ether oxygens (including phenoxy) is 2. The molecule has 0 saturated carbocycles. The minimum atomic E-state index is -3.92. The van der Waals surface area contributed by atoms with Crippen molar-refractivity contribution in [2.24, 2.45) is 0 Å². The average molecular weight is 482 g/mol. The van der Waals surface area contributed by atoms with Crippen LogP contribution in [0.2, 0.25) is 0 Å². The van der Waals surface area contributed by atoms with Gasteiger partial charge in [0.2, 0.25) is 10.0 Å². The van der Waals surface area contributed by atoms with Gasteiger partial charge in [-0.1, -0.05) is 0 Å². The summed E-state index contributed by atoms with van der Waals surface area (Å²) in [5, 5.41) is 5.02. The lowest BCUT2D eigenvalue weighted by Crippen LogP contribution is -2.30. The van der Waals surface area contributed by atoms with Crippen LogP contribution in [0.15, 0.2) is 41.3 Å². The third kappa shape index (κ3) is 7.43. The van der Waals surface area contributed by atoms with E-state index in [2.05, 4.69) is 15.4 Å². The molecule has 33 heavy (non-hydrogen) atoms. The van der Waals surface area contributed by atoms with Crippen molar-refractivity contribution in [1.82, 2.24) is 4.72 Å². The molecule has 0 unspecified atom stereocenters. The summed E-state index contributed by atoms with van der Waals surface area (Å²) in [7, 11) is -2.52. The van der Waals surface area contributed by atoms with Gasteiger partial charge in [0.05, 0.1) is 23.3 Å². The Morgan fingerprint density at radius 2 is 1.70 bits per heavy atom. The fourth-order valence-corrected chi connectivity index (χ4v) is 4.00. The molecule has 0 radical (unpaired) electrons. The molecule has 9 nitrogen and oxygen atoms in total. The van der Waals surface area contributed by atoms with Gasteiger partial charge in [0.15, 0.2) is 0 Å². The molecule has 0 aliphatic heterocycles. The number of halogens is 1. The Morgan fingerprint density at radius 3 is 2.27 bits per heavy atom. The van der Waals surface area contributed by atoms with Crippen LogP contribution in [0, 0.1) is 5.82 Å². The fraction of sp³-hybridized carbons (Fsp3) is 0.364. The van der Waals surface area contributed by atoms with E-state index >= 15 is 0 Å². The maximum absolute atomic E-state index is 14.3. The topological polar surface area (TPSA) is 123 Å². The van der Waals surface area contributed by atoms with Crippen LogP contribution in [0.1, 0.15) is 45.0 Å². The van der Waals surface area contributed by atoms with Crippen molar-refractivity contribution in [2.45, 2.75) is 51.2 Å². The van der Waals surface area contributed by atoms with Gasteiger partial charge in [0.1, 0.15) is 17.2 Å². The first-order valence-corrected chi connectivity index (χ1v) is 11.5. The minimum absolute atomic E-state index is 0.208. The first kappa shape index (κ1) is 26.1. The van der Waals surface area contributed by atoms with Gasteiger partial charge in [-0.2, -0.15) is 0 Å². The monoisotopic (exact) mass is 481 g/mol. The van der Waals surface area contributed by atoms with Gasteiger partial charge < -0.3 is 14.8 Å². The average Bonchev–Trinajstić information content (AvgIpc) is 2.65. The lowest BCUT2D eigenvalue weighted by Gasteiger charge is -2.20. The molecule has 0 atom stereocenters. The lowest BCUT2D eigenvalue weighted by molar-refractivity contribution is 0.0635. The van der Waals surface area contributed by atoms with Crippen LogP contribution in [-0.4, -0.2) is 39.2 Å². The minimum Gasteiger partial charge on any atom is -0.495 e. The van der Waals surface area contributed by atoms with E-state index in [1.165, 1.54) is 25.3 Å². The van der Waals surface area contributed by atoms with Gasteiger partial charge in [-0.05, 0) is 71.0 Å². The number of anilines is 2. The highest BCUT2D eigenvalue weighted by Gasteiger charge is 2.21. The number of benzene rings is 2. The third-order valence-electron chi connectivity index (χ3n) is 3.98. The van der Waals surface area contributed by atoms with Crippen LogP contribution >= 0.6 is 0 Å². The summed E-state index contributed by atoms with van der Waals surface area (Å²) in [5.41, 5.74) is -0.766. The molecule has 2 amide bonds. The number of hydrogen-bond acceptors (Lipinski definition) is 6. The van der Waals surface area contributed by atoms with Crippen LogP contribution in [0.3, 0.4) is 0 Å². The molecule has 0 aromatic heterocycles. The Hall–Kier alpha value is -3.18. The van der Waals surface area contributed by atoms with E-state index in [1.54, 1.807) is 34.6 Å². The molecule has 0 saturated heterocycles. The van der Waals surface area contributed by atoms with E-state index in [4.69, 9.17) is 9.47 Å². The summed E-state index contributed by atoms with van der Waals surface area (Å²) in [6, 6.07) is 6.94. The van der Waals surface area contributed by atoms with E-state index in [0.717, 1.165) is 18.2 Å². The van der Waals surface area contributed by atoms with E-state index in [-0.39, 0.29) is 22.3 Å². The standard InChI is InChI=1S/C22H28FN3O6S/c1-13(2)26-33(29,30)15-8-9-17(23)16(12-15)20(27)24-14-7-10-19(31-6)18(11-14)25-21(28)32-22(3,4)5/h7-13,26H,1-6H3,(H,24,27)(H,25,28). The van der Waals surface area contributed by atoms with Crippen molar-refractivity contribution >= 4 is 33.4 Å². The Kier molecular flexibility index (Phi) is 8.04. The molecule has 0 fully saturated rings. The molecule has 2 aromatic carbocycles. The molecule has 11 heteroatoms. The van der Waals surface area contributed by atoms with E-state index < -0.39 is 39.0 Å². The molecular weight excluding hydrogens is 453 g/mol. The van der Waals surface area contributed by atoms with Crippen molar-refractivity contribution in [3.8, 4) is 5.75 Å². The number of sulfonamides is 1. The van der Waals surface area contributed by atoms with Gasteiger partial charge in [-0.15, -0.1) is 0 Å². The molecule has 0 aliphatic rings. The van der Waals surface area contributed by atoms with Crippen LogP contribution in [0.25, 0.3) is 0 Å². The summed E-state index contributed by atoms with van der Waals surface area (Å²) in [5.74, 6) is -1.46. The summed E-state index contributed by atoms with van der Waals surface area (Å²) in [6.07, 6.45) is -0.731. The molecule has 0 spiro atoms. The van der Waals surface area contributed by atoms with E-state index in [9.17, 15) is 22.4 Å². The van der Waals surface area contributed by atoms with Crippen molar-refractivity contribution in [1.29, 1.82) is 0 Å². The summed E-state index contributed by atoms with van der Waals surface area (Å²) >= 11 is 0. The van der Waals surface area contributed by atoms with Gasteiger partial charge in [0, 0.05) is 11.7 Å². The molecule has 3 N–H and O–H groups in total. The van der Waals surface area contributed by atoms with Gasteiger partial charge in [0.25, 0.3) is 5.91 Å². The zero-order chi connectivity index (χ0) is 25.0. The Bertz CT molecular complexity index is 1140. The number of carbonyl (C=O) groups excluding carboxylic acids is 2. The second-order valence-electron chi connectivity index (χ2n) is 8.41. The maximum atomic E-state index is 14.3. The molecule has 2 rings (SSSR count). The van der Waals surface area contributed by atoms with Gasteiger partial charge in [-0.25, -0.2) is 22.3 Å². The molecule has 0 bridgehead atoms. The SMILES string of the molecule is COc1ccc(NC(=O)c2cc(S(=O)(=O)NC(C)C)ccc2F)cc1NC(=O)OC(C)(C)C. The molecular formula is C22H28FN3O6S. The first-order valence-electron chi connectivity index (χ1n) is 10.0. The third-order valence-corrected chi connectivity index (χ3v) is 5.63. The number of methoxy groups -OCH3 is 1. The predicted octanol–water partition coefficient (Wildman–Crippen LogP) is 4.12. The first-order chi connectivity index (χ1) is 15.2. The summed E-state index contributed by atoms with van der Waals surface area (Å²) in [6.45, 7) is 8.41. The van der Waals surface area contributed by atoms with Crippen molar-refractivity contribution in [3.63, 3.8) is 0 Å². The quantitative estimate of drug-likeness (QED) is 0.547. The number of nitrogens with one attached hydrogen (secondary N) is 3. The van der Waals surface area contributed by atoms with Crippen LogP contribution in [0.4, 0.5) is 20.6 Å². The van der Waals surface area contributed by atoms with Gasteiger partial charge >= 0.3 is 6.09 Å². The smallest absolute Gasteiger partial charge is 0.412 e. The molecule has 180 valence electrons. The number of rotatable bonds is 7. The van der Waals surface area contributed by atoms with E-state index in [0.29, 0.717) is 5.75 Å². The fourth-order valence-electron chi connectivity index (χ4n) is 2.72. The maximum Gasteiger partial charge on any atom is 0.412 e. The largest absolute Gasteiger partial charge is 0.495 e. The predicted molar refractivity (Wildman–Crippen MR) is 123 cm³/mol. The highest BCUT2D eigenvalue weighted by atomic mass is 32.2. The van der Waals surface area contributed by atoms with Crippen molar-refractivity contribution in [2.75, 3.05) is 17.7 Å². The Labute approximate surface area is 192 Å². The highest BCUT2D eigenvalue weighted by molar-refractivity contribution is 7.89. The Balaban J connectivity index is 2.30. The number of carbonyl (C=O) groups is 2. The summed E-state index contributed by atoms with van der Waals surface area (Å²) < 4.78 is 51.9. The number of amides is 2. The van der Waals surface area contributed by atoms with E-state index in [1.807, 2.05) is 0 Å². The van der Waals surface area contributed by atoms with Crippen molar-refractivity contribution < 1.29 is 31.9 Å². The van der Waals surface area contributed by atoms with Gasteiger partial charge in [-0.3, -0.25) is 10.1 Å². The van der Waals surface area contributed by atoms with Crippen LogP contribution < -0.4 is 20.1 Å². The van der Waals surface area contributed by atoms with Crippen LogP contribution in [-0.2, 0) is 14.8 Å². The second-order valence-corrected chi connectivity index (χ2v) is 10.1. The molecule has 0 aliphatic carbocycles. The normalized spacial score (nSPS) is 11.8. The molecule has 0 heterocycles. The Morgan fingerprint density at radius 1 is 1.03 bits per heavy atom. The van der Waals surface area contributed by atoms with Crippen molar-refractivity contribution in [3.05, 3.63) is 47.8 Å². The zero-order valence-electron chi connectivity index (χ0n) is 19.3. The molecule has 2 aromatic rings. The van der Waals surface area contributed by atoms with Crippen LogP contribution in [0.5, 0.6) is 5.75 Å². The summed E-state index contributed by atoms with van der Waals surface area (Å²) in [4.78, 5) is 24.6. The highest BCUT2D eigenvalue weighted by Crippen LogP contribution is 2.29.